The average Bonchev–Trinajstić information content (AvgIpc) is 3.11. The molecule has 1 aromatic heterocycles. The van der Waals surface area contributed by atoms with Crippen LogP contribution < -0.4 is 5.32 Å². The van der Waals surface area contributed by atoms with Gasteiger partial charge < -0.3 is 10.2 Å². The van der Waals surface area contributed by atoms with Gasteiger partial charge in [-0.3, -0.25) is 14.5 Å². The number of hydrogen-bond donors (Lipinski definition) is 1. The van der Waals surface area contributed by atoms with Crippen LogP contribution in [-0.4, -0.2) is 59.3 Å². The molecule has 0 atom stereocenters. The van der Waals surface area contributed by atoms with Gasteiger partial charge in [-0.2, -0.15) is 0 Å². The quantitative estimate of drug-likeness (QED) is 0.773. The van der Waals surface area contributed by atoms with Crippen LogP contribution in [0.15, 0.2) is 41.8 Å². The third-order valence-corrected chi connectivity index (χ3v) is 5.21. The minimum Gasteiger partial charge on any atom is -0.351 e. The second-order valence-corrected chi connectivity index (χ2v) is 7.55. The Morgan fingerprint density at radius 3 is 2.59 bits per heavy atom. The third-order valence-electron chi connectivity index (χ3n) is 4.42. The lowest BCUT2D eigenvalue weighted by Crippen LogP contribution is -2.50. The highest BCUT2D eigenvalue weighted by molar-refractivity contribution is 7.09. The van der Waals surface area contributed by atoms with Gasteiger partial charge in [-0.1, -0.05) is 30.3 Å². The molecule has 1 aliphatic heterocycles. The molecule has 0 spiro atoms. The fraction of sp³-hybridized carbons (Fsp3) is 0.350. The summed E-state index contributed by atoms with van der Waals surface area (Å²) in [6, 6.07) is 9.86. The summed E-state index contributed by atoms with van der Waals surface area (Å²) in [5, 5.41) is 5.87. The van der Waals surface area contributed by atoms with Gasteiger partial charge in [0.05, 0.1) is 17.2 Å². The maximum atomic E-state index is 12.3. The first-order valence-electron chi connectivity index (χ1n) is 9.02. The number of benzene rings is 1. The molecule has 0 bridgehead atoms. The Balaban J connectivity index is 1.38. The lowest BCUT2D eigenvalue weighted by Gasteiger charge is -2.33. The Morgan fingerprint density at radius 2 is 1.93 bits per heavy atom. The summed E-state index contributed by atoms with van der Waals surface area (Å²) in [7, 11) is 0. The number of amides is 2. The maximum Gasteiger partial charge on any atom is 0.246 e. The molecule has 27 heavy (non-hydrogen) atoms. The van der Waals surface area contributed by atoms with Crippen molar-refractivity contribution in [2.24, 2.45) is 0 Å². The zero-order chi connectivity index (χ0) is 19.1. The first kappa shape index (κ1) is 19.3. The van der Waals surface area contributed by atoms with E-state index in [1.807, 2.05) is 47.5 Å². The monoisotopic (exact) mass is 384 g/mol. The van der Waals surface area contributed by atoms with Crippen molar-refractivity contribution in [1.29, 1.82) is 0 Å². The Labute approximate surface area is 163 Å². The summed E-state index contributed by atoms with van der Waals surface area (Å²) in [6.07, 6.45) is 3.34. The fourth-order valence-corrected chi connectivity index (χ4v) is 3.48. The molecule has 1 N–H and O–H groups in total. The first-order valence-corrected chi connectivity index (χ1v) is 9.90. The predicted molar refractivity (Wildman–Crippen MR) is 107 cm³/mol. The van der Waals surface area contributed by atoms with E-state index in [2.05, 4.69) is 15.2 Å². The van der Waals surface area contributed by atoms with Crippen LogP contribution in [0.3, 0.4) is 0 Å². The van der Waals surface area contributed by atoms with Crippen molar-refractivity contribution in [2.45, 2.75) is 13.5 Å². The van der Waals surface area contributed by atoms with E-state index in [1.165, 1.54) is 0 Å². The Hall–Kier alpha value is -2.51. The molecule has 2 amide bonds. The van der Waals surface area contributed by atoms with E-state index in [4.69, 9.17) is 0 Å². The van der Waals surface area contributed by atoms with Crippen molar-refractivity contribution >= 4 is 29.2 Å². The van der Waals surface area contributed by atoms with Crippen LogP contribution in [0.1, 0.15) is 16.3 Å². The molecule has 2 heterocycles. The number of aryl methyl sites for hydroxylation is 1. The maximum absolute atomic E-state index is 12.3. The lowest BCUT2D eigenvalue weighted by atomic mass is 10.2. The van der Waals surface area contributed by atoms with E-state index >= 15 is 0 Å². The number of aromatic nitrogens is 1. The van der Waals surface area contributed by atoms with Gasteiger partial charge in [-0.05, 0) is 18.6 Å². The SMILES string of the molecule is Cc1nc(/C=C/C(=O)N2CCN(CC(=O)NCc3ccccc3)CC2)cs1. The van der Waals surface area contributed by atoms with Gasteiger partial charge in [-0.15, -0.1) is 11.3 Å². The van der Waals surface area contributed by atoms with Crippen molar-refractivity contribution in [3.8, 4) is 0 Å². The zero-order valence-corrected chi connectivity index (χ0v) is 16.2. The van der Waals surface area contributed by atoms with Gasteiger partial charge in [0.1, 0.15) is 0 Å². The zero-order valence-electron chi connectivity index (χ0n) is 15.4. The van der Waals surface area contributed by atoms with Crippen LogP contribution in [0.4, 0.5) is 0 Å². The molecule has 142 valence electrons. The molecular weight excluding hydrogens is 360 g/mol. The average molecular weight is 385 g/mol. The second-order valence-electron chi connectivity index (χ2n) is 6.49. The molecule has 6 nitrogen and oxygen atoms in total. The smallest absolute Gasteiger partial charge is 0.246 e. The molecule has 0 aliphatic carbocycles. The molecule has 1 fully saturated rings. The number of rotatable bonds is 6. The van der Waals surface area contributed by atoms with Gasteiger partial charge in [0.2, 0.25) is 11.8 Å². The molecule has 0 radical (unpaired) electrons. The van der Waals surface area contributed by atoms with Crippen LogP contribution in [0.25, 0.3) is 6.08 Å². The number of carbonyl (C=O) groups is 2. The van der Waals surface area contributed by atoms with Crippen molar-refractivity contribution < 1.29 is 9.59 Å². The van der Waals surface area contributed by atoms with E-state index in [0.717, 1.165) is 16.3 Å². The number of nitrogens with zero attached hydrogens (tertiary/aromatic N) is 3. The van der Waals surface area contributed by atoms with Crippen LogP contribution >= 0.6 is 11.3 Å². The Morgan fingerprint density at radius 1 is 1.19 bits per heavy atom. The number of carbonyl (C=O) groups excluding carboxylic acids is 2. The van der Waals surface area contributed by atoms with Crippen LogP contribution in [0, 0.1) is 6.92 Å². The van der Waals surface area contributed by atoms with Gasteiger partial charge in [0, 0.05) is 44.2 Å². The number of hydrogen-bond acceptors (Lipinski definition) is 5. The van der Waals surface area contributed by atoms with Crippen molar-refractivity contribution in [2.75, 3.05) is 32.7 Å². The first-order chi connectivity index (χ1) is 13.1. The van der Waals surface area contributed by atoms with E-state index in [9.17, 15) is 9.59 Å². The van der Waals surface area contributed by atoms with Crippen LogP contribution in [-0.2, 0) is 16.1 Å². The molecule has 7 heteroatoms. The summed E-state index contributed by atoms with van der Waals surface area (Å²) < 4.78 is 0. The molecule has 1 aromatic carbocycles. The highest BCUT2D eigenvalue weighted by Crippen LogP contribution is 2.10. The molecule has 0 saturated carbocycles. The molecule has 1 saturated heterocycles. The van der Waals surface area contributed by atoms with E-state index in [0.29, 0.717) is 39.3 Å². The molecule has 3 rings (SSSR count). The summed E-state index contributed by atoms with van der Waals surface area (Å²) in [5.74, 6) is 0.00580. The summed E-state index contributed by atoms with van der Waals surface area (Å²) in [5.41, 5.74) is 1.91. The third kappa shape index (κ3) is 6.01. The van der Waals surface area contributed by atoms with Gasteiger partial charge in [0.25, 0.3) is 0 Å². The fourth-order valence-electron chi connectivity index (χ4n) is 2.90. The van der Waals surface area contributed by atoms with Gasteiger partial charge in [0.15, 0.2) is 0 Å². The minimum absolute atomic E-state index is 0.00571. The van der Waals surface area contributed by atoms with E-state index < -0.39 is 0 Å². The standard InChI is InChI=1S/C20H24N4O2S/c1-16-22-18(15-27-16)7-8-20(26)24-11-9-23(10-12-24)14-19(25)21-13-17-5-3-2-4-6-17/h2-8,15H,9-14H2,1H3,(H,21,25)/b8-7+. The number of thiazole rings is 1. The topological polar surface area (TPSA) is 65.5 Å². The van der Waals surface area contributed by atoms with E-state index in [-0.39, 0.29) is 11.8 Å². The molecular formula is C20H24N4O2S. The Bertz CT molecular complexity index is 795. The Kier molecular flexibility index (Phi) is 6.73. The van der Waals surface area contributed by atoms with Gasteiger partial charge >= 0.3 is 0 Å². The van der Waals surface area contributed by atoms with E-state index in [1.54, 1.807) is 23.5 Å². The summed E-state index contributed by atoms with van der Waals surface area (Å²) >= 11 is 1.57. The summed E-state index contributed by atoms with van der Waals surface area (Å²) in [6.45, 7) is 5.51. The highest BCUT2D eigenvalue weighted by atomic mass is 32.1. The summed E-state index contributed by atoms with van der Waals surface area (Å²) in [4.78, 5) is 32.6. The lowest BCUT2D eigenvalue weighted by molar-refractivity contribution is -0.128. The largest absolute Gasteiger partial charge is 0.351 e. The van der Waals surface area contributed by atoms with Crippen molar-refractivity contribution in [3.63, 3.8) is 0 Å². The van der Waals surface area contributed by atoms with Crippen molar-refractivity contribution in [1.82, 2.24) is 20.1 Å². The predicted octanol–water partition coefficient (Wildman–Crippen LogP) is 1.93. The molecule has 1 aliphatic rings. The molecule has 0 unspecified atom stereocenters. The van der Waals surface area contributed by atoms with Crippen LogP contribution in [0.2, 0.25) is 0 Å². The normalized spacial score (nSPS) is 15.2. The van der Waals surface area contributed by atoms with Gasteiger partial charge in [-0.25, -0.2) is 4.98 Å². The van der Waals surface area contributed by atoms with Crippen LogP contribution in [0.5, 0.6) is 0 Å². The number of nitrogens with one attached hydrogen (secondary N) is 1. The van der Waals surface area contributed by atoms with Crippen molar-refractivity contribution in [3.05, 3.63) is 58.1 Å². The minimum atomic E-state index is -0.00571. The number of piperazine rings is 1. The second kappa shape index (κ2) is 9.43. The highest BCUT2D eigenvalue weighted by Gasteiger charge is 2.21. The molecule has 2 aromatic rings.